The summed E-state index contributed by atoms with van der Waals surface area (Å²) < 4.78 is 3.69. The van der Waals surface area contributed by atoms with Crippen LogP contribution in [0, 0.1) is 60.2 Å². The number of aromatic nitrogens is 4. The van der Waals surface area contributed by atoms with Crippen molar-refractivity contribution in [3.8, 4) is 33.9 Å². The largest absolute Gasteiger partial charge is 0.330 e. The maximum atomic E-state index is 13.1. The number of halogens is 6. The van der Waals surface area contributed by atoms with Crippen LogP contribution in [0.3, 0.4) is 0 Å². The predicted molar refractivity (Wildman–Crippen MR) is 298 cm³/mol. The van der Waals surface area contributed by atoms with Gasteiger partial charge in [0.15, 0.2) is 0 Å². The zero-order valence-corrected chi connectivity index (χ0v) is 45.9. The van der Waals surface area contributed by atoms with Gasteiger partial charge in [0.2, 0.25) is 0 Å². The van der Waals surface area contributed by atoms with Gasteiger partial charge in [0.05, 0.1) is 44.2 Å². The minimum absolute atomic E-state index is 0.352. The molecule has 6 aromatic rings. The number of benzene rings is 4. The molecule has 14 rings (SSSR count). The Bertz CT molecular complexity index is 2850. The minimum atomic E-state index is 0.352. The molecular formula is C59H66Cl6N6O. The first kappa shape index (κ1) is 52.1. The van der Waals surface area contributed by atoms with Gasteiger partial charge in [0, 0.05) is 50.6 Å². The van der Waals surface area contributed by atoms with Crippen molar-refractivity contribution in [2.24, 2.45) is 57.8 Å². The number of carbonyl (C=O) groups excluding carboxylic acids is 1. The van der Waals surface area contributed by atoms with Crippen molar-refractivity contribution in [1.29, 1.82) is 0 Å². The summed E-state index contributed by atoms with van der Waals surface area (Å²) in [5.41, 5.74) is 22.0. The molecule has 0 aliphatic heterocycles. The first-order chi connectivity index (χ1) is 34.6. The molecule has 72 heavy (non-hydrogen) atoms. The Morgan fingerprint density at radius 2 is 0.903 bits per heavy atom. The van der Waals surface area contributed by atoms with Crippen LogP contribution in [-0.2, 0) is 17.8 Å². The van der Waals surface area contributed by atoms with Crippen LogP contribution in [0.15, 0.2) is 84.9 Å². The fourth-order valence-corrected chi connectivity index (χ4v) is 16.2. The third-order valence-corrected chi connectivity index (χ3v) is 19.1. The van der Waals surface area contributed by atoms with E-state index in [4.69, 9.17) is 86.2 Å². The van der Waals surface area contributed by atoms with Crippen LogP contribution in [0.1, 0.15) is 119 Å². The van der Waals surface area contributed by atoms with Gasteiger partial charge in [-0.05, 0) is 228 Å². The van der Waals surface area contributed by atoms with E-state index in [1.54, 1.807) is 22.9 Å². The maximum Gasteiger partial charge on any atom is 0.133 e. The van der Waals surface area contributed by atoms with E-state index in [-0.39, 0.29) is 0 Å². The normalized spacial score (nSPS) is 26.3. The van der Waals surface area contributed by atoms with Gasteiger partial charge in [-0.15, -0.1) is 0 Å². The van der Waals surface area contributed by atoms with Crippen LogP contribution in [0.2, 0.25) is 30.1 Å². The lowest BCUT2D eigenvalue weighted by molar-refractivity contribution is -0.121. The molecule has 4 N–H and O–H groups in total. The first-order valence-corrected chi connectivity index (χ1v) is 28.4. The van der Waals surface area contributed by atoms with Crippen molar-refractivity contribution in [1.82, 2.24) is 19.6 Å². The monoisotopic (exact) mass is 1080 g/mol. The second-order valence-electron chi connectivity index (χ2n) is 22.7. The Kier molecular flexibility index (Phi) is 15.7. The molecule has 0 unspecified atom stereocenters. The van der Waals surface area contributed by atoms with Crippen LogP contribution >= 0.6 is 69.6 Å². The second-order valence-corrected chi connectivity index (χ2v) is 25.2. The number of Topliss-reactive ketones (excluding diaryl/α,β-unsaturated/α-hetero) is 1. The fraction of sp³-hybridized carbons (Fsp3) is 0.475. The lowest BCUT2D eigenvalue weighted by Gasteiger charge is -2.57. The van der Waals surface area contributed by atoms with E-state index in [9.17, 15) is 4.79 Å². The summed E-state index contributed by atoms with van der Waals surface area (Å²) >= 11 is 37.3. The van der Waals surface area contributed by atoms with Crippen molar-refractivity contribution in [2.45, 2.75) is 123 Å². The molecule has 8 aliphatic carbocycles. The van der Waals surface area contributed by atoms with Crippen molar-refractivity contribution >= 4 is 75.4 Å². The van der Waals surface area contributed by atoms with E-state index >= 15 is 0 Å². The number of hydrogen-bond donors (Lipinski definition) is 2. The molecule has 0 amide bonds. The maximum absolute atomic E-state index is 13.1. The molecule has 8 fully saturated rings. The SMILES string of the molecule is Cc1c(CCC(=O)CCC23CC4CC(CC(C4)C2)C3)nn(-c2ccc(Cl)cc2Cl)c1-c1ccc(Cl)cc1.Cc1c(CN)nn(-c2ccc(Cl)cc2Cl)c1-c1ccc(Cl)cc1.NCC12CC3CC(CC(C3)C1)C2. The summed E-state index contributed by atoms with van der Waals surface area (Å²) in [4.78, 5) is 13.1. The lowest BCUT2D eigenvalue weighted by atomic mass is 9.48. The van der Waals surface area contributed by atoms with E-state index < -0.39 is 0 Å². The lowest BCUT2D eigenvalue weighted by Crippen LogP contribution is -2.49. The molecule has 8 bridgehead atoms. The highest BCUT2D eigenvalue weighted by molar-refractivity contribution is 6.36. The Labute approximate surface area is 455 Å². The molecule has 0 saturated heterocycles. The summed E-state index contributed by atoms with van der Waals surface area (Å²) in [7, 11) is 0. The predicted octanol–water partition coefficient (Wildman–Crippen LogP) is 16.7. The molecule has 2 heterocycles. The summed E-state index contributed by atoms with van der Waals surface area (Å²) in [5.74, 6) is 6.36. The van der Waals surface area contributed by atoms with Crippen molar-refractivity contribution in [3.05, 3.63) is 138 Å². The average molecular weight is 1090 g/mol. The highest BCUT2D eigenvalue weighted by Gasteiger charge is 2.51. The molecule has 2 aromatic heterocycles. The number of rotatable bonds is 12. The van der Waals surface area contributed by atoms with Crippen LogP contribution in [0.5, 0.6) is 0 Å². The number of ketones is 1. The van der Waals surface area contributed by atoms with Crippen molar-refractivity contribution in [2.75, 3.05) is 6.54 Å². The van der Waals surface area contributed by atoms with E-state index in [0.717, 1.165) is 105 Å². The van der Waals surface area contributed by atoms with Crippen molar-refractivity contribution < 1.29 is 4.79 Å². The summed E-state index contributed by atoms with van der Waals surface area (Å²) in [6.45, 7) is 5.40. The molecule has 380 valence electrons. The zero-order chi connectivity index (χ0) is 50.5. The Morgan fingerprint density at radius 1 is 0.528 bits per heavy atom. The number of carbonyl (C=O) groups is 1. The highest BCUT2D eigenvalue weighted by atomic mass is 35.5. The summed E-state index contributed by atoms with van der Waals surface area (Å²) in [5, 5.41) is 13.2. The zero-order valence-electron chi connectivity index (χ0n) is 41.4. The average Bonchev–Trinajstić information content (AvgIpc) is 3.85. The summed E-state index contributed by atoms with van der Waals surface area (Å²) in [6.07, 6.45) is 20.4. The Balaban J connectivity index is 0.000000143. The molecule has 7 nitrogen and oxygen atoms in total. The van der Waals surface area contributed by atoms with Crippen LogP contribution in [-0.4, -0.2) is 31.9 Å². The molecule has 13 heteroatoms. The smallest absolute Gasteiger partial charge is 0.133 e. The highest BCUT2D eigenvalue weighted by Crippen LogP contribution is 2.62. The molecule has 4 aromatic carbocycles. The molecule has 0 atom stereocenters. The number of hydrogen-bond acceptors (Lipinski definition) is 5. The van der Waals surface area contributed by atoms with E-state index in [0.29, 0.717) is 72.6 Å². The van der Waals surface area contributed by atoms with Crippen LogP contribution in [0.4, 0.5) is 0 Å². The summed E-state index contributed by atoms with van der Waals surface area (Å²) in [6, 6.07) is 26.1. The third-order valence-electron chi connectivity index (χ3n) is 17.5. The molecular weight excluding hydrogens is 1020 g/mol. The quantitative estimate of drug-likeness (QED) is 0.127. The second kappa shape index (κ2) is 21.7. The van der Waals surface area contributed by atoms with Gasteiger partial charge in [-0.1, -0.05) is 93.9 Å². The molecule has 8 aliphatic rings. The number of aryl methyl sites for hydroxylation is 1. The van der Waals surface area contributed by atoms with E-state index in [2.05, 4.69) is 12.0 Å². The Morgan fingerprint density at radius 3 is 1.29 bits per heavy atom. The minimum Gasteiger partial charge on any atom is -0.330 e. The molecule has 0 radical (unpaired) electrons. The molecule has 8 saturated carbocycles. The topological polar surface area (TPSA) is 105 Å². The van der Waals surface area contributed by atoms with Gasteiger partial charge in [-0.2, -0.15) is 10.2 Å². The third kappa shape index (κ3) is 11.1. The molecule has 0 spiro atoms. The van der Waals surface area contributed by atoms with Crippen molar-refractivity contribution in [3.63, 3.8) is 0 Å². The standard InChI is InChI=1S/C31H33Cl3N2O.C17H14Cl3N3.C11H19N/c1-19-28(8-7-26(37)10-11-31-16-20-12-21(17-31)14-22(13-20)18-31)35-36(29-9-6-25(33)15-27(29)34)30(19)23-2-4-24(32)5-3-23;1-10-15(9-21)22-23(16-7-6-13(19)8-14(16)20)17(10)11-2-4-12(18)5-3-11;12-7-11-4-8-1-9(5-11)3-10(2-8)6-11/h2-6,9,15,20-22H,7-8,10-14,16-18H2,1H3;2-8H,9,21H2,1H3;8-10H,1-7,12H2. The number of nitrogens with two attached hydrogens (primary N) is 2. The first-order valence-electron chi connectivity index (χ1n) is 26.1. The van der Waals surface area contributed by atoms with Gasteiger partial charge in [-0.3, -0.25) is 4.79 Å². The fourth-order valence-electron chi connectivity index (χ4n) is 15.0. The van der Waals surface area contributed by atoms with E-state index in [1.807, 2.05) is 78.3 Å². The van der Waals surface area contributed by atoms with Gasteiger partial charge >= 0.3 is 0 Å². The van der Waals surface area contributed by atoms with Gasteiger partial charge in [0.1, 0.15) is 5.78 Å². The van der Waals surface area contributed by atoms with Gasteiger partial charge in [-0.25, -0.2) is 9.36 Å². The van der Waals surface area contributed by atoms with Crippen LogP contribution < -0.4 is 11.5 Å². The van der Waals surface area contributed by atoms with Crippen LogP contribution in [0.25, 0.3) is 33.9 Å². The van der Waals surface area contributed by atoms with E-state index in [1.165, 1.54) is 77.0 Å². The number of nitrogens with zero attached hydrogens (tertiary/aromatic N) is 4. The Hall–Kier alpha value is -3.37. The van der Waals surface area contributed by atoms with Gasteiger partial charge in [0.25, 0.3) is 0 Å². The van der Waals surface area contributed by atoms with Gasteiger partial charge < -0.3 is 11.5 Å².